The Labute approximate surface area is 147 Å². The van der Waals surface area contributed by atoms with Gasteiger partial charge in [0, 0.05) is 5.56 Å². The number of rotatable bonds is 9. The van der Waals surface area contributed by atoms with Gasteiger partial charge in [-0.1, -0.05) is 13.8 Å². The second kappa shape index (κ2) is 9.52. The van der Waals surface area contributed by atoms with Crippen molar-refractivity contribution in [2.45, 2.75) is 26.8 Å². The van der Waals surface area contributed by atoms with Gasteiger partial charge in [-0.2, -0.15) is 0 Å². The largest absolute Gasteiger partial charge is 0.494 e. The van der Waals surface area contributed by atoms with Crippen molar-refractivity contribution in [2.24, 2.45) is 5.92 Å². The molecule has 0 atom stereocenters. The number of amides is 2. The highest BCUT2D eigenvalue weighted by Gasteiger charge is 2.08. The fraction of sp³-hybridized carbons (Fsp3) is 0.368. The van der Waals surface area contributed by atoms with E-state index in [9.17, 15) is 9.59 Å². The molecule has 25 heavy (non-hydrogen) atoms. The van der Waals surface area contributed by atoms with Crippen molar-refractivity contribution in [1.82, 2.24) is 10.6 Å². The van der Waals surface area contributed by atoms with E-state index < -0.39 is 0 Å². The summed E-state index contributed by atoms with van der Waals surface area (Å²) in [6.07, 6.45) is 2.52. The molecule has 0 aliphatic heterocycles. The molecule has 1 heterocycles. The molecule has 0 saturated heterocycles. The summed E-state index contributed by atoms with van der Waals surface area (Å²) in [5.41, 5.74) is 0.482. The Balaban J connectivity index is 1.71. The predicted octanol–water partition coefficient (Wildman–Crippen LogP) is 2.75. The second-order valence-electron chi connectivity index (χ2n) is 6.09. The lowest BCUT2D eigenvalue weighted by molar-refractivity contribution is -0.120. The maximum absolute atomic E-state index is 12.0. The van der Waals surface area contributed by atoms with Crippen LogP contribution in [-0.4, -0.2) is 25.0 Å². The van der Waals surface area contributed by atoms with Crippen molar-refractivity contribution < 1.29 is 18.7 Å². The molecule has 1 aromatic carbocycles. The van der Waals surface area contributed by atoms with Crippen molar-refractivity contribution in [3.05, 3.63) is 54.0 Å². The molecule has 0 saturated carbocycles. The third kappa shape index (κ3) is 6.71. The molecule has 0 fully saturated rings. The first-order valence-electron chi connectivity index (χ1n) is 8.34. The Bertz CT molecular complexity index is 663. The normalized spacial score (nSPS) is 10.5. The van der Waals surface area contributed by atoms with Crippen LogP contribution in [0, 0.1) is 5.92 Å². The van der Waals surface area contributed by atoms with Crippen molar-refractivity contribution in [3.8, 4) is 5.75 Å². The zero-order chi connectivity index (χ0) is 18.1. The van der Waals surface area contributed by atoms with Crippen LogP contribution in [0.1, 0.15) is 36.4 Å². The number of furan rings is 1. The minimum absolute atomic E-state index is 0.0911. The Morgan fingerprint density at radius 2 is 1.88 bits per heavy atom. The summed E-state index contributed by atoms with van der Waals surface area (Å²) in [5.74, 6) is 1.39. The Morgan fingerprint density at radius 1 is 1.12 bits per heavy atom. The lowest BCUT2D eigenvalue weighted by atomic mass is 10.1. The maximum Gasteiger partial charge on any atom is 0.251 e. The van der Waals surface area contributed by atoms with Crippen LogP contribution in [0.15, 0.2) is 47.1 Å². The van der Waals surface area contributed by atoms with Gasteiger partial charge < -0.3 is 19.8 Å². The minimum atomic E-state index is -0.304. The lowest BCUT2D eigenvalue weighted by Crippen LogP contribution is -2.36. The smallest absolute Gasteiger partial charge is 0.251 e. The van der Waals surface area contributed by atoms with Crippen LogP contribution in [0.3, 0.4) is 0 Å². The number of ether oxygens (including phenoxy) is 1. The highest BCUT2D eigenvalue weighted by molar-refractivity contribution is 5.96. The molecule has 0 aliphatic carbocycles. The highest BCUT2D eigenvalue weighted by atomic mass is 16.5. The first kappa shape index (κ1) is 18.6. The molecule has 2 aromatic rings. The number of carbonyl (C=O) groups is 2. The van der Waals surface area contributed by atoms with Crippen LogP contribution < -0.4 is 15.4 Å². The summed E-state index contributed by atoms with van der Waals surface area (Å²) in [4.78, 5) is 23.8. The van der Waals surface area contributed by atoms with Crippen LogP contribution in [-0.2, 0) is 11.3 Å². The van der Waals surface area contributed by atoms with Gasteiger partial charge in [-0.15, -0.1) is 0 Å². The van der Waals surface area contributed by atoms with Gasteiger partial charge in [0.05, 0.1) is 26.0 Å². The molecule has 6 heteroatoms. The molecule has 0 unspecified atom stereocenters. The van der Waals surface area contributed by atoms with Gasteiger partial charge in [0.2, 0.25) is 5.91 Å². The molecule has 0 aliphatic rings. The van der Waals surface area contributed by atoms with Gasteiger partial charge >= 0.3 is 0 Å². The van der Waals surface area contributed by atoms with Crippen molar-refractivity contribution in [1.29, 1.82) is 0 Å². The van der Waals surface area contributed by atoms with E-state index in [-0.39, 0.29) is 18.4 Å². The number of benzene rings is 1. The number of carbonyl (C=O) groups excluding carboxylic acids is 2. The van der Waals surface area contributed by atoms with E-state index in [0.717, 1.165) is 12.2 Å². The first-order chi connectivity index (χ1) is 12.0. The average Bonchev–Trinajstić information content (AvgIpc) is 3.11. The van der Waals surface area contributed by atoms with E-state index in [1.807, 2.05) is 0 Å². The first-order valence-corrected chi connectivity index (χ1v) is 8.34. The van der Waals surface area contributed by atoms with E-state index in [1.54, 1.807) is 42.7 Å². The van der Waals surface area contributed by atoms with E-state index >= 15 is 0 Å². The fourth-order valence-corrected chi connectivity index (χ4v) is 2.04. The molecule has 2 N–H and O–H groups in total. The predicted molar refractivity (Wildman–Crippen MR) is 94.3 cm³/mol. The van der Waals surface area contributed by atoms with Gasteiger partial charge in [-0.3, -0.25) is 9.59 Å². The summed E-state index contributed by atoms with van der Waals surface area (Å²) in [6.45, 7) is 5.14. The fourth-order valence-electron chi connectivity index (χ4n) is 2.04. The minimum Gasteiger partial charge on any atom is -0.494 e. The standard InChI is InChI=1S/C19H24N2O4/c1-14(2)9-11-25-16-7-5-15(6-8-16)19(23)21-13-18(22)20-12-17-4-3-10-24-17/h3-8,10,14H,9,11-13H2,1-2H3,(H,20,22)(H,21,23). The van der Waals surface area contributed by atoms with Crippen molar-refractivity contribution >= 4 is 11.8 Å². The van der Waals surface area contributed by atoms with E-state index in [0.29, 0.717) is 30.4 Å². The summed E-state index contributed by atoms with van der Waals surface area (Å²) in [5, 5.41) is 5.25. The van der Waals surface area contributed by atoms with Crippen LogP contribution in [0.4, 0.5) is 0 Å². The van der Waals surface area contributed by atoms with Gasteiger partial charge in [-0.05, 0) is 48.7 Å². The van der Waals surface area contributed by atoms with Gasteiger partial charge in [0.25, 0.3) is 5.91 Å². The quantitative estimate of drug-likeness (QED) is 0.733. The third-order valence-electron chi connectivity index (χ3n) is 3.53. The number of hydrogen-bond donors (Lipinski definition) is 2. The molecule has 1 aromatic heterocycles. The Kier molecular flexibility index (Phi) is 7.07. The molecule has 2 rings (SSSR count). The SMILES string of the molecule is CC(C)CCOc1ccc(C(=O)NCC(=O)NCc2ccco2)cc1. The second-order valence-corrected chi connectivity index (χ2v) is 6.09. The molecule has 2 amide bonds. The zero-order valence-electron chi connectivity index (χ0n) is 14.6. The molecule has 0 radical (unpaired) electrons. The van der Waals surface area contributed by atoms with E-state index in [4.69, 9.17) is 9.15 Å². The van der Waals surface area contributed by atoms with Crippen molar-refractivity contribution in [2.75, 3.05) is 13.2 Å². The summed E-state index contributed by atoms with van der Waals surface area (Å²) < 4.78 is 10.7. The summed E-state index contributed by atoms with van der Waals surface area (Å²) in [7, 11) is 0. The van der Waals surface area contributed by atoms with Gasteiger partial charge in [0.15, 0.2) is 0 Å². The molecular weight excluding hydrogens is 320 g/mol. The zero-order valence-corrected chi connectivity index (χ0v) is 14.6. The summed E-state index contributed by atoms with van der Waals surface area (Å²) >= 11 is 0. The lowest BCUT2D eigenvalue weighted by Gasteiger charge is -2.09. The van der Waals surface area contributed by atoms with Crippen LogP contribution in [0.5, 0.6) is 5.75 Å². The van der Waals surface area contributed by atoms with E-state index in [1.165, 1.54) is 0 Å². The van der Waals surface area contributed by atoms with Crippen LogP contribution >= 0.6 is 0 Å². The molecule has 0 spiro atoms. The van der Waals surface area contributed by atoms with Gasteiger partial charge in [0.1, 0.15) is 11.5 Å². The molecule has 6 nitrogen and oxygen atoms in total. The molecule has 134 valence electrons. The van der Waals surface area contributed by atoms with Gasteiger partial charge in [-0.25, -0.2) is 0 Å². The highest BCUT2D eigenvalue weighted by Crippen LogP contribution is 2.13. The Hall–Kier alpha value is -2.76. The van der Waals surface area contributed by atoms with Crippen molar-refractivity contribution in [3.63, 3.8) is 0 Å². The topological polar surface area (TPSA) is 80.6 Å². The monoisotopic (exact) mass is 344 g/mol. The number of hydrogen-bond acceptors (Lipinski definition) is 4. The number of nitrogens with one attached hydrogen (secondary N) is 2. The third-order valence-corrected chi connectivity index (χ3v) is 3.53. The summed E-state index contributed by atoms with van der Waals surface area (Å²) in [6, 6.07) is 10.4. The maximum atomic E-state index is 12.0. The van der Waals surface area contributed by atoms with Crippen LogP contribution in [0.2, 0.25) is 0 Å². The molecule has 0 bridgehead atoms. The van der Waals surface area contributed by atoms with E-state index in [2.05, 4.69) is 24.5 Å². The average molecular weight is 344 g/mol. The Morgan fingerprint density at radius 3 is 2.52 bits per heavy atom. The molecular formula is C19H24N2O4. The van der Waals surface area contributed by atoms with Crippen LogP contribution in [0.25, 0.3) is 0 Å².